The molecule has 0 heterocycles. The van der Waals surface area contributed by atoms with Crippen molar-refractivity contribution in [2.45, 2.75) is 45.2 Å². The van der Waals surface area contributed by atoms with Gasteiger partial charge in [-0.25, -0.2) is 8.42 Å². The van der Waals surface area contributed by atoms with E-state index in [0.29, 0.717) is 17.3 Å². The summed E-state index contributed by atoms with van der Waals surface area (Å²) in [5, 5.41) is 3.29. The number of rotatable bonds is 10. The zero-order chi connectivity index (χ0) is 27.2. The highest BCUT2D eigenvalue weighted by molar-refractivity contribution is 7.92. The molecule has 0 spiro atoms. The Kier molecular flexibility index (Phi) is 9.34. The number of hydrogen-bond donors (Lipinski definition) is 1. The molecule has 0 bridgehead atoms. The number of hydrogen-bond acceptors (Lipinski definition) is 4. The number of anilines is 1. The van der Waals surface area contributed by atoms with Gasteiger partial charge in [0.1, 0.15) is 12.6 Å². The van der Waals surface area contributed by atoms with E-state index >= 15 is 0 Å². The molecule has 1 atom stereocenters. The van der Waals surface area contributed by atoms with Gasteiger partial charge < -0.3 is 10.2 Å². The number of sulfonamides is 1. The Balaban J connectivity index is 2.01. The van der Waals surface area contributed by atoms with Crippen molar-refractivity contribution in [1.82, 2.24) is 10.2 Å². The molecule has 3 rings (SSSR count). The molecule has 0 fully saturated rings. The number of halogens is 1. The highest BCUT2D eigenvalue weighted by Crippen LogP contribution is 2.25. The van der Waals surface area contributed by atoms with Crippen LogP contribution in [0.15, 0.2) is 77.7 Å². The Morgan fingerprint density at radius 1 is 0.892 bits per heavy atom. The summed E-state index contributed by atoms with van der Waals surface area (Å²) in [5.41, 5.74) is 2.99. The topological polar surface area (TPSA) is 86.8 Å². The summed E-state index contributed by atoms with van der Waals surface area (Å²) < 4.78 is 28.6. The first kappa shape index (κ1) is 28.2. The SMILES string of the molecule is CCNC(=O)[C@H](C)N(Cc1ccc(Cl)cc1)C(=O)CN(c1ccc(C)cc1)S(=O)(=O)c1ccc(C)cc1. The fourth-order valence-electron chi connectivity index (χ4n) is 3.77. The maximum absolute atomic E-state index is 13.8. The van der Waals surface area contributed by atoms with Crippen LogP contribution in [-0.2, 0) is 26.2 Å². The van der Waals surface area contributed by atoms with Crippen molar-refractivity contribution in [2.24, 2.45) is 0 Å². The molecular weight excluding hydrogens is 510 g/mol. The molecule has 7 nitrogen and oxygen atoms in total. The number of benzene rings is 3. The second-order valence-electron chi connectivity index (χ2n) is 8.88. The van der Waals surface area contributed by atoms with Gasteiger partial charge in [-0.2, -0.15) is 0 Å². The lowest BCUT2D eigenvalue weighted by Crippen LogP contribution is -2.51. The van der Waals surface area contributed by atoms with E-state index in [9.17, 15) is 18.0 Å². The van der Waals surface area contributed by atoms with E-state index in [1.165, 1.54) is 17.0 Å². The minimum Gasteiger partial charge on any atom is -0.355 e. The molecule has 9 heteroatoms. The van der Waals surface area contributed by atoms with Crippen LogP contribution in [0.1, 0.15) is 30.5 Å². The monoisotopic (exact) mass is 541 g/mol. The van der Waals surface area contributed by atoms with Crippen LogP contribution in [0, 0.1) is 13.8 Å². The molecule has 0 aliphatic heterocycles. The lowest BCUT2D eigenvalue weighted by Gasteiger charge is -2.32. The number of amides is 2. The van der Waals surface area contributed by atoms with Crippen LogP contribution in [-0.4, -0.2) is 44.3 Å². The summed E-state index contributed by atoms with van der Waals surface area (Å²) in [4.78, 5) is 27.9. The van der Waals surface area contributed by atoms with Gasteiger partial charge in [0, 0.05) is 18.1 Å². The molecule has 3 aromatic rings. The highest BCUT2D eigenvalue weighted by atomic mass is 35.5. The van der Waals surface area contributed by atoms with E-state index < -0.39 is 28.5 Å². The average molecular weight is 542 g/mol. The molecule has 196 valence electrons. The van der Waals surface area contributed by atoms with Gasteiger partial charge >= 0.3 is 0 Å². The average Bonchev–Trinajstić information content (AvgIpc) is 2.87. The second kappa shape index (κ2) is 12.3. The van der Waals surface area contributed by atoms with Crippen molar-refractivity contribution in [3.63, 3.8) is 0 Å². The van der Waals surface area contributed by atoms with E-state index in [1.54, 1.807) is 74.5 Å². The number of aryl methyl sites for hydroxylation is 2. The van der Waals surface area contributed by atoms with Crippen LogP contribution in [0.2, 0.25) is 5.02 Å². The van der Waals surface area contributed by atoms with E-state index in [2.05, 4.69) is 5.32 Å². The Bertz CT molecular complexity index is 1330. The number of carbonyl (C=O) groups excluding carboxylic acids is 2. The third-order valence-corrected chi connectivity index (χ3v) is 8.03. The Labute approximate surface area is 224 Å². The third-order valence-electron chi connectivity index (χ3n) is 5.99. The van der Waals surface area contributed by atoms with Crippen LogP contribution in [0.3, 0.4) is 0 Å². The summed E-state index contributed by atoms with van der Waals surface area (Å²) in [6, 6.07) is 19.5. The molecule has 0 radical (unpaired) electrons. The molecule has 37 heavy (non-hydrogen) atoms. The summed E-state index contributed by atoms with van der Waals surface area (Å²) in [6.07, 6.45) is 0. The Morgan fingerprint density at radius 2 is 1.43 bits per heavy atom. The van der Waals surface area contributed by atoms with Gasteiger partial charge in [-0.3, -0.25) is 13.9 Å². The summed E-state index contributed by atoms with van der Waals surface area (Å²) in [7, 11) is -4.08. The van der Waals surface area contributed by atoms with Crippen LogP contribution in [0.25, 0.3) is 0 Å². The molecule has 0 aliphatic rings. The smallest absolute Gasteiger partial charge is 0.264 e. The van der Waals surface area contributed by atoms with E-state index in [1.807, 2.05) is 13.8 Å². The minimum absolute atomic E-state index is 0.0764. The largest absolute Gasteiger partial charge is 0.355 e. The van der Waals surface area contributed by atoms with E-state index in [-0.39, 0.29) is 17.3 Å². The van der Waals surface area contributed by atoms with Gasteiger partial charge in [0.2, 0.25) is 11.8 Å². The lowest BCUT2D eigenvalue weighted by atomic mass is 10.1. The molecule has 0 aromatic heterocycles. The first-order chi connectivity index (χ1) is 17.5. The van der Waals surface area contributed by atoms with E-state index in [0.717, 1.165) is 21.0 Å². The molecule has 2 amide bonds. The van der Waals surface area contributed by atoms with Crippen molar-refractivity contribution < 1.29 is 18.0 Å². The van der Waals surface area contributed by atoms with Crippen molar-refractivity contribution in [2.75, 3.05) is 17.4 Å². The third kappa shape index (κ3) is 7.11. The predicted octanol–water partition coefficient (Wildman–Crippen LogP) is 4.71. The van der Waals surface area contributed by atoms with Crippen LogP contribution in [0.4, 0.5) is 5.69 Å². The maximum atomic E-state index is 13.8. The molecule has 1 N–H and O–H groups in total. The normalized spacial score (nSPS) is 12.0. The second-order valence-corrected chi connectivity index (χ2v) is 11.2. The summed E-state index contributed by atoms with van der Waals surface area (Å²) in [5.74, 6) is -0.835. The molecule has 0 aliphatic carbocycles. The highest BCUT2D eigenvalue weighted by Gasteiger charge is 2.32. The quantitative estimate of drug-likeness (QED) is 0.403. The van der Waals surface area contributed by atoms with Crippen molar-refractivity contribution in [1.29, 1.82) is 0 Å². The van der Waals surface area contributed by atoms with E-state index in [4.69, 9.17) is 11.6 Å². The van der Waals surface area contributed by atoms with Gasteiger partial charge in [0.05, 0.1) is 10.6 Å². The summed E-state index contributed by atoms with van der Waals surface area (Å²) in [6.45, 7) is 7.23. The van der Waals surface area contributed by atoms with Crippen LogP contribution in [0.5, 0.6) is 0 Å². The van der Waals surface area contributed by atoms with Crippen molar-refractivity contribution >= 4 is 39.1 Å². The zero-order valence-electron chi connectivity index (χ0n) is 21.4. The molecule has 0 saturated carbocycles. The van der Waals surface area contributed by atoms with Crippen molar-refractivity contribution in [3.8, 4) is 0 Å². The number of likely N-dealkylation sites (N-methyl/N-ethyl adjacent to an activating group) is 1. The fraction of sp³-hybridized carbons (Fsp3) is 0.286. The fourth-order valence-corrected chi connectivity index (χ4v) is 5.31. The molecule has 0 saturated heterocycles. The van der Waals surface area contributed by atoms with Gasteiger partial charge in [-0.1, -0.05) is 59.1 Å². The van der Waals surface area contributed by atoms with Gasteiger partial charge in [-0.05, 0) is 69.7 Å². The number of carbonyl (C=O) groups is 2. The zero-order valence-corrected chi connectivity index (χ0v) is 23.0. The van der Waals surface area contributed by atoms with Gasteiger partial charge in [0.25, 0.3) is 10.0 Å². The van der Waals surface area contributed by atoms with Gasteiger partial charge in [0.15, 0.2) is 0 Å². The summed E-state index contributed by atoms with van der Waals surface area (Å²) >= 11 is 6.01. The first-order valence-electron chi connectivity index (χ1n) is 12.0. The van der Waals surface area contributed by atoms with Gasteiger partial charge in [-0.15, -0.1) is 0 Å². The molecule has 3 aromatic carbocycles. The number of nitrogens with zero attached hydrogens (tertiary/aromatic N) is 2. The molecular formula is C28H32ClN3O4S. The minimum atomic E-state index is -4.08. The standard InChI is InChI=1S/C28H32ClN3O4S/c1-5-30-28(34)22(4)31(18-23-10-12-24(29)13-11-23)27(33)19-32(25-14-6-20(2)7-15-25)37(35,36)26-16-8-21(3)9-17-26/h6-17,22H,5,18-19H2,1-4H3,(H,30,34)/t22-/m0/s1. The number of nitrogens with one attached hydrogen (secondary N) is 1. The Morgan fingerprint density at radius 3 is 1.97 bits per heavy atom. The van der Waals surface area contributed by atoms with Crippen molar-refractivity contribution in [3.05, 3.63) is 94.5 Å². The van der Waals surface area contributed by atoms with Crippen LogP contribution >= 0.6 is 11.6 Å². The molecule has 0 unspecified atom stereocenters. The van der Waals surface area contributed by atoms with Crippen LogP contribution < -0.4 is 9.62 Å². The lowest BCUT2D eigenvalue weighted by molar-refractivity contribution is -0.139. The predicted molar refractivity (Wildman–Crippen MR) is 147 cm³/mol. The first-order valence-corrected chi connectivity index (χ1v) is 13.8. The Hall–Kier alpha value is -3.36. The maximum Gasteiger partial charge on any atom is 0.264 e.